The summed E-state index contributed by atoms with van der Waals surface area (Å²) in [6.45, 7) is 5.80. The number of Topliss-reactive ketones (excluding diaryl/α,β-unsaturated/α-hetero) is 1. The Kier molecular flexibility index (Phi) is 6.79. The molecule has 1 nitrogen and oxygen atoms in total. The van der Waals surface area contributed by atoms with E-state index in [0.29, 0.717) is 0 Å². The molecular weight excluding hydrogens is 252 g/mol. The minimum atomic E-state index is -0.256. The minimum absolute atomic E-state index is 0. The maximum absolute atomic E-state index is 11.5. The number of carbonyl (C=O) groups excluding carboxylic acids is 1. The maximum atomic E-state index is 11.5. The van der Waals surface area contributed by atoms with Crippen molar-refractivity contribution in [2.24, 2.45) is 5.41 Å². The number of ketones is 1. The summed E-state index contributed by atoms with van der Waals surface area (Å²) in [5.41, 5.74) is 0.562. The predicted octanol–water partition coefficient (Wildman–Crippen LogP) is 4.04. The molecular formula is C15H18FeO-6. The molecule has 98 valence electrons. The summed E-state index contributed by atoms with van der Waals surface area (Å²) in [5.74, 6) is 0.211. The van der Waals surface area contributed by atoms with Crippen LogP contribution < -0.4 is 0 Å². The van der Waals surface area contributed by atoms with Gasteiger partial charge in [0.2, 0.25) is 0 Å². The molecule has 0 aromatic heterocycles. The van der Waals surface area contributed by atoms with Gasteiger partial charge in [-0.25, -0.2) is 12.1 Å². The molecule has 0 fully saturated rings. The van der Waals surface area contributed by atoms with Crippen molar-refractivity contribution in [2.75, 3.05) is 0 Å². The van der Waals surface area contributed by atoms with E-state index < -0.39 is 0 Å². The van der Waals surface area contributed by atoms with Crippen LogP contribution in [0.2, 0.25) is 0 Å². The van der Waals surface area contributed by atoms with Gasteiger partial charge in [0, 0.05) is 22.5 Å². The van der Waals surface area contributed by atoms with Gasteiger partial charge in [-0.15, -0.1) is 0 Å². The van der Waals surface area contributed by atoms with Crippen LogP contribution in [0.25, 0.3) is 0 Å². The van der Waals surface area contributed by atoms with Crippen molar-refractivity contribution in [3.8, 4) is 0 Å². The van der Waals surface area contributed by atoms with Crippen molar-refractivity contribution < 1.29 is 21.9 Å². The standard InChI is InChI=1S/C10H13O.C5H5.Fe/c1-10(2,3)9(11)8-6-4-5-7-8;1-2-4-5-3-1;/h4-7H,1-3H3;1-5H;/q-1;-5;. The zero-order chi connectivity index (χ0) is 12.0. The van der Waals surface area contributed by atoms with E-state index >= 15 is 0 Å². The molecule has 0 radical (unpaired) electrons. The normalized spacial score (nSPS) is 9.82. The summed E-state index contributed by atoms with van der Waals surface area (Å²) < 4.78 is 0. The third kappa shape index (κ3) is 5.67. The van der Waals surface area contributed by atoms with E-state index in [1.54, 1.807) is 0 Å². The first kappa shape index (κ1) is 15.9. The largest absolute Gasteiger partial charge is 0.748 e. The first-order valence-corrected chi connectivity index (χ1v) is 5.45. The fourth-order valence-corrected chi connectivity index (χ4v) is 1.28. The van der Waals surface area contributed by atoms with E-state index in [4.69, 9.17) is 0 Å². The van der Waals surface area contributed by atoms with Crippen molar-refractivity contribution in [2.45, 2.75) is 20.8 Å². The molecule has 17 heavy (non-hydrogen) atoms. The van der Waals surface area contributed by atoms with Gasteiger partial charge in [-0.3, -0.25) is 0 Å². The van der Waals surface area contributed by atoms with Crippen LogP contribution in [0.3, 0.4) is 0 Å². The first-order valence-electron chi connectivity index (χ1n) is 5.45. The van der Waals surface area contributed by atoms with E-state index in [2.05, 4.69) is 0 Å². The summed E-state index contributed by atoms with van der Waals surface area (Å²) in [6, 6.07) is 17.5. The molecule has 0 aliphatic carbocycles. The Morgan fingerprint density at radius 1 is 0.941 bits per heavy atom. The molecule has 2 aromatic carbocycles. The third-order valence-corrected chi connectivity index (χ3v) is 2.16. The molecule has 0 aliphatic heterocycles. The Hall–Kier alpha value is -1.11. The summed E-state index contributed by atoms with van der Waals surface area (Å²) in [6.07, 6.45) is 0. The number of carbonyl (C=O) groups is 1. The van der Waals surface area contributed by atoms with Gasteiger partial charge in [0.05, 0.1) is 0 Å². The van der Waals surface area contributed by atoms with Crippen LogP contribution in [0.15, 0.2) is 54.6 Å². The van der Waals surface area contributed by atoms with E-state index in [1.807, 2.05) is 75.4 Å². The number of hydrogen-bond donors (Lipinski definition) is 0. The molecule has 0 saturated heterocycles. The van der Waals surface area contributed by atoms with E-state index in [-0.39, 0.29) is 28.3 Å². The average Bonchev–Trinajstić information content (AvgIpc) is 2.91. The molecule has 0 heterocycles. The molecule has 0 bridgehead atoms. The van der Waals surface area contributed by atoms with Gasteiger partial charge in [0.1, 0.15) is 5.78 Å². The van der Waals surface area contributed by atoms with Crippen LogP contribution in [0.5, 0.6) is 0 Å². The van der Waals surface area contributed by atoms with Crippen LogP contribution >= 0.6 is 0 Å². The summed E-state index contributed by atoms with van der Waals surface area (Å²) in [7, 11) is 0. The minimum Gasteiger partial charge on any atom is -0.748 e. The molecule has 0 spiro atoms. The van der Waals surface area contributed by atoms with Gasteiger partial charge in [-0.1, -0.05) is 26.3 Å². The Labute approximate surface area is 114 Å². The van der Waals surface area contributed by atoms with Crippen LogP contribution in [0.4, 0.5) is 0 Å². The molecule has 2 heteroatoms. The summed E-state index contributed by atoms with van der Waals surface area (Å²) >= 11 is 0. The topological polar surface area (TPSA) is 17.1 Å². The van der Waals surface area contributed by atoms with Crippen molar-refractivity contribution in [3.63, 3.8) is 0 Å². The molecule has 0 unspecified atom stereocenters. The van der Waals surface area contributed by atoms with Crippen molar-refractivity contribution >= 4 is 5.78 Å². The Morgan fingerprint density at radius 3 is 1.59 bits per heavy atom. The zero-order valence-electron chi connectivity index (χ0n) is 10.5. The second-order valence-corrected chi connectivity index (χ2v) is 4.71. The van der Waals surface area contributed by atoms with Crippen LogP contribution in [-0.2, 0) is 17.1 Å². The second-order valence-electron chi connectivity index (χ2n) is 4.71. The Bertz CT molecular complexity index is 373. The van der Waals surface area contributed by atoms with Gasteiger partial charge in [-0.05, 0) is 0 Å². The van der Waals surface area contributed by atoms with Gasteiger partial charge >= 0.3 is 0 Å². The Morgan fingerprint density at radius 2 is 1.29 bits per heavy atom. The SMILES string of the molecule is CC(C)(C)C(=O)[c-]1cccc1.[Fe].[cH-]1[cH-][cH-][cH-][cH-]1. The smallest absolute Gasteiger partial charge is 0.114 e. The first-order chi connectivity index (χ1) is 7.52. The third-order valence-electron chi connectivity index (χ3n) is 2.16. The van der Waals surface area contributed by atoms with Gasteiger partial charge in [0.25, 0.3) is 0 Å². The quantitative estimate of drug-likeness (QED) is 0.434. The molecule has 0 N–H and O–H groups in total. The zero-order valence-corrected chi connectivity index (χ0v) is 11.6. The van der Waals surface area contributed by atoms with Gasteiger partial charge in [-0.2, -0.15) is 12.1 Å². The van der Waals surface area contributed by atoms with Crippen molar-refractivity contribution in [1.82, 2.24) is 0 Å². The fourth-order valence-electron chi connectivity index (χ4n) is 1.28. The summed E-state index contributed by atoms with van der Waals surface area (Å²) in [4.78, 5) is 11.5. The number of rotatable bonds is 1. The van der Waals surface area contributed by atoms with E-state index in [1.165, 1.54) is 0 Å². The van der Waals surface area contributed by atoms with Gasteiger partial charge < -0.3 is 35.1 Å². The predicted molar refractivity (Wildman–Crippen MR) is 67.9 cm³/mol. The fraction of sp³-hybridized carbons (Fsp3) is 0.267. The molecule has 0 aliphatic rings. The Balaban J connectivity index is 0.000000360. The molecule has 2 aromatic rings. The van der Waals surface area contributed by atoms with E-state index in [9.17, 15) is 4.79 Å². The maximum Gasteiger partial charge on any atom is 0.114 e. The van der Waals surface area contributed by atoms with Gasteiger partial charge in [0.15, 0.2) is 0 Å². The van der Waals surface area contributed by atoms with Crippen LogP contribution in [0, 0.1) is 5.41 Å². The van der Waals surface area contributed by atoms with E-state index in [0.717, 1.165) is 5.56 Å². The molecule has 0 amide bonds. The van der Waals surface area contributed by atoms with Crippen molar-refractivity contribution in [3.05, 3.63) is 60.2 Å². The monoisotopic (exact) mass is 270 g/mol. The molecule has 2 rings (SSSR count). The average molecular weight is 270 g/mol. The van der Waals surface area contributed by atoms with Crippen LogP contribution in [-0.4, -0.2) is 5.78 Å². The molecule has 0 atom stereocenters. The second kappa shape index (κ2) is 7.26. The summed E-state index contributed by atoms with van der Waals surface area (Å²) in [5, 5.41) is 0. The number of hydrogen-bond acceptors (Lipinski definition) is 1. The van der Waals surface area contributed by atoms with Crippen LogP contribution in [0.1, 0.15) is 31.1 Å². The van der Waals surface area contributed by atoms with Crippen molar-refractivity contribution in [1.29, 1.82) is 0 Å². The molecule has 0 saturated carbocycles.